The van der Waals surface area contributed by atoms with Gasteiger partial charge < -0.3 is 20.1 Å². The monoisotopic (exact) mass is 1200 g/mol. The minimum Gasteiger partial charge on any atom is -0.478 e. The molecular formula is C33H21F33O10. The number of rotatable bonds is 24. The van der Waals surface area contributed by atoms with Crippen molar-refractivity contribution in [2.45, 2.75) is 80.7 Å². The fourth-order valence-corrected chi connectivity index (χ4v) is 3.57. The molecule has 0 aliphatic carbocycles. The lowest BCUT2D eigenvalue weighted by molar-refractivity contribution is -0.558. The van der Waals surface area contributed by atoms with Gasteiger partial charge in [0.25, 0.3) is 0 Å². The van der Waals surface area contributed by atoms with E-state index in [1.807, 2.05) is 14.2 Å². The van der Waals surface area contributed by atoms with E-state index in [9.17, 15) is 145 Å². The SMILES string of the molecule is C.C=Cc1c(F)c(F)c(F)c(F)c1F.C=Cc1c(F)c(F)c(OCC(F)(F)OC(F)(F)C(F)(F)OC(F)(F)C(F)(F)OC(F)(F)CO)c(F)c1F.OCC(F)(F)OC(F)(F)C(F)(F)OC(F)(F)C(F)(F)OC(F)(F)CO. The third kappa shape index (κ3) is 17.8. The van der Waals surface area contributed by atoms with Crippen LogP contribution in [0.2, 0.25) is 0 Å². The molecule has 0 atom stereocenters. The number of hydrogen-bond acceptors (Lipinski definition) is 10. The van der Waals surface area contributed by atoms with Crippen LogP contribution in [0.5, 0.6) is 5.75 Å². The van der Waals surface area contributed by atoms with Crippen molar-refractivity contribution in [3.8, 4) is 5.75 Å². The maximum Gasteiger partial charge on any atom is 0.453 e. The molecule has 10 nitrogen and oxygen atoms in total. The van der Waals surface area contributed by atoms with Gasteiger partial charge in [0, 0.05) is 0 Å². The van der Waals surface area contributed by atoms with Crippen LogP contribution in [0.15, 0.2) is 13.2 Å². The second kappa shape index (κ2) is 24.8. The van der Waals surface area contributed by atoms with Crippen molar-refractivity contribution >= 4 is 12.2 Å². The van der Waals surface area contributed by atoms with E-state index in [0.29, 0.717) is 6.08 Å². The molecule has 0 heterocycles. The molecule has 3 N–H and O–H groups in total. The number of hydrogen-bond donors (Lipinski definition) is 3. The second-order valence-electron chi connectivity index (χ2n) is 12.4. The highest BCUT2D eigenvalue weighted by atomic mass is 19.4. The Bertz CT molecular complexity index is 2190. The van der Waals surface area contributed by atoms with E-state index in [1.165, 1.54) is 0 Å². The number of aliphatic hydroxyl groups excluding tert-OH is 3. The van der Waals surface area contributed by atoms with E-state index in [0.717, 1.165) is 0 Å². The summed E-state index contributed by atoms with van der Waals surface area (Å²) in [6.45, 7) is -5.39. The summed E-state index contributed by atoms with van der Waals surface area (Å²) in [6, 6.07) is 0. The fraction of sp³-hybridized carbons (Fsp3) is 0.515. The lowest BCUT2D eigenvalue weighted by Crippen LogP contribution is -2.58. The first-order valence-electron chi connectivity index (χ1n) is 16.9. The topological polar surface area (TPSA) is 125 Å². The molecule has 43 heteroatoms. The zero-order valence-corrected chi connectivity index (χ0v) is 34.1. The van der Waals surface area contributed by atoms with E-state index in [2.05, 4.69) is 22.6 Å². The summed E-state index contributed by atoms with van der Waals surface area (Å²) in [7, 11) is 0. The van der Waals surface area contributed by atoms with Crippen molar-refractivity contribution in [3.05, 3.63) is 76.6 Å². The fourth-order valence-electron chi connectivity index (χ4n) is 3.57. The first-order valence-corrected chi connectivity index (χ1v) is 16.9. The Hall–Kier alpha value is -4.95. The van der Waals surface area contributed by atoms with Gasteiger partial charge in [0.2, 0.25) is 17.5 Å². The van der Waals surface area contributed by atoms with Gasteiger partial charge in [0.15, 0.2) is 47.3 Å². The largest absolute Gasteiger partial charge is 0.478 e. The molecule has 444 valence electrons. The van der Waals surface area contributed by atoms with Crippen LogP contribution in [-0.2, 0) is 28.4 Å². The summed E-state index contributed by atoms with van der Waals surface area (Å²) >= 11 is 0. The molecule has 0 aromatic heterocycles. The van der Waals surface area contributed by atoms with E-state index in [1.54, 1.807) is 9.47 Å². The van der Waals surface area contributed by atoms with Gasteiger partial charge in [0.05, 0.1) is 11.1 Å². The summed E-state index contributed by atoms with van der Waals surface area (Å²) in [5.41, 5.74) is -2.51. The van der Waals surface area contributed by atoms with Crippen LogP contribution in [0.3, 0.4) is 0 Å². The molecule has 0 aliphatic heterocycles. The molecule has 0 aliphatic rings. The number of alkyl halides is 24. The highest BCUT2D eigenvalue weighted by Gasteiger charge is 2.75. The normalized spacial score (nSPS) is 13.8. The molecule has 0 bridgehead atoms. The smallest absolute Gasteiger partial charge is 0.453 e. The van der Waals surface area contributed by atoms with Crippen molar-refractivity contribution in [1.82, 2.24) is 0 Å². The molecule has 0 radical (unpaired) electrons. The Morgan fingerprint density at radius 3 is 0.697 bits per heavy atom. The van der Waals surface area contributed by atoms with Gasteiger partial charge in [0.1, 0.15) is 19.8 Å². The van der Waals surface area contributed by atoms with Crippen molar-refractivity contribution in [2.75, 3.05) is 26.4 Å². The predicted molar refractivity (Wildman–Crippen MR) is 172 cm³/mol. The summed E-state index contributed by atoms with van der Waals surface area (Å²) in [5, 5.41) is 23.7. The van der Waals surface area contributed by atoms with Crippen LogP contribution >= 0.6 is 0 Å². The summed E-state index contributed by atoms with van der Waals surface area (Å²) in [6.07, 6.45) is -77.4. The van der Waals surface area contributed by atoms with Crippen LogP contribution in [0.1, 0.15) is 18.6 Å². The van der Waals surface area contributed by atoms with Gasteiger partial charge >= 0.3 is 73.3 Å². The third-order valence-electron chi connectivity index (χ3n) is 6.82. The summed E-state index contributed by atoms with van der Waals surface area (Å²) in [4.78, 5) is 0. The highest BCUT2D eigenvalue weighted by Crippen LogP contribution is 2.50. The average molecular weight is 1200 g/mol. The second-order valence-corrected chi connectivity index (χ2v) is 12.4. The van der Waals surface area contributed by atoms with Crippen molar-refractivity contribution < 1.29 is 193 Å². The molecule has 0 saturated heterocycles. The molecule has 0 unspecified atom stereocenters. The molecule has 0 fully saturated rings. The Labute approximate surface area is 395 Å². The molecule has 76 heavy (non-hydrogen) atoms. The van der Waals surface area contributed by atoms with Crippen LogP contribution in [0.25, 0.3) is 12.2 Å². The van der Waals surface area contributed by atoms with Crippen LogP contribution in [-0.4, -0.2) is 115 Å². The predicted octanol–water partition coefficient (Wildman–Crippen LogP) is 12.1. The van der Waals surface area contributed by atoms with Gasteiger partial charge in [-0.3, -0.25) is 0 Å². The Balaban J connectivity index is 0. The summed E-state index contributed by atoms with van der Waals surface area (Å²) < 4.78 is 441. The maximum atomic E-state index is 13.7. The lowest BCUT2D eigenvalue weighted by Gasteiger charge is -2.34. The zero-order valence-electron chi connectivity index (χ0n) is 34.1. The molecule has 0 amide bonds. The Morgan fingerprint density at radius 2 is 0.487 bits per heavy atom. The number of benzene rings is 2. The quantitative estimate of drug-likeness (QED) is 0.0532. The van der Waals surface area contributed by atoms with E-state index in [4.69, 9.17) is 15.3 Å². The number of ether oxygens (including phenoxy) is 7. The summed E-state index contributed by atoms with van der Waals surface area (Å²) in [5.74, 6) is -22.0. The van der Waals surface area contributed by atoms with Crippen LogP contribution in [0, 0.1) is 52.4 Å². The van der Waals surface area contributed by atoms with Crippen molar-refractivity contribution in [3.63, 3.8) is 0 Å². The molecular weight excluding hydrogens is 1180 g/mol. The molecule has 0 spiro atoms. The first kappa shape index (κ1) is 73.1. The van der Waals surface area contributed by atoms with Crippen molar-refractivity contribution in [1.29, 1.82) is 0 Å². The van der Waals surface area contributed by atoms with Crippen molar-refractivity contribution in [2.24, 2.45) is 0 Å². The number of aliphatic hydroxyl groups is 3. The minimum absolute atomic E-state index is 0. The zero-order chi connectivity index (χ0) is 60.1. The molecule has 2 aromatic rings. The Kier molecular flexibility index (Phi) is 23.9. The van der Waals surface area contributed by atoms with Gasteiger partial charge in [-0.15, -0.1) is 0 Å². The molecule has 2 rings (SSSR count). The third-order valence-corrected chi connectivity index (χ3v) is 6.82. The number of halogens is 33. The maximum absolute atomic E-state index is 13.7. The Morgan fingerprint density at radius 1 is 0.303 bits per heavy atom. The lowest BCUT2D eigenvalue weighted by atomic mass is 10.1. The van der Waals surface area contributed by atoms with E-state index in [-0.39, 0.29) is 13.5 Å². The van der Waals surface area contributed by atoms with Gasteiger partial charge in [-0.25, -0.2) is 59.2 Å². The van der Waals surface area contributed by atoms with Crippen LogP contribution < -0.4 is 4.74 Å². The van der Waals surface area contributed by atoms with E-state index >= 15 is 0 Å². The first-order chi connectivity index (χ1) is 33.1. The average Bonchev–Trinajstić information content (AvgIpc) is 3.22. The standard InChI is InChI=1S/C16H8F16O5.C8H6F12O5.C8H3F5.CH4/c1-2-5-6(17)8(19)10(9(20)7(5)18)34-4-12(23,24)36-14(27,28)16(31,32)37-15(29,30)13(25,26)35-11(21,22)3-33;9-3(10,1-21)23-5(13,14)7(17,18)25-8(19,20)6(15,16)24-4(11,12)2-22;1-2-3-4(9)6(11)8(13)7(12)5(3)10;/h2,33H,1,3-4H2;21-22H,1-2H2;2H,1H2;1H4. The van der Waals surface area contributed by atoms with Crippen LogP contribution in [0.4, 0.5) is 145 Å². The van der Waals surface area contributed by atoms with Gasteiger partial charge in [-0.2, -0.15) is 114 Å². The van der Waals surface area contributed by atoms with Gasteiger partial charge in [-0.1, -0.05) is 32.7 Å². The minimum atomic E-state index is -7.23. The van der Waals surface area contributed by atoms with E-state index < -0.39 is 169 Å². The molecule has 0 saturated carbocycles. The van der Waals surface area contributed by atoms with Gasteiger partial charge in [-0.05, 0) is 0 Å². The highest BCUT2D eigenvalue weighted by molar-refractivity contribution is 5.52. The molecule has 2 aromatic carbocycles.